The van der Waals surface area contributed by atoms with Gasteiger partial charge in [0.2, 0.25) is 0 Å². The average Bonchev–Trinajstić information content (AvgIpc) is 2.84. The van der Waals surface area contributed by atoms with Crippen molar-refractivity contribution in [3.63, 3.8) is 0 Å². The zero-order valence-electron chi connectivity index (χ0n) is 20.9. The van der Waals surface area contributed by atoms with Crippen LogP contribution in [0.3, 0.4) is 0 Å². The van der Waals surface area contributed by atoms with Crippen LogP contribution in [0.15, 0.2) is 67.3 Å². The fourth-order valence-corrected chi connectivity index (χ4v) is 5.95. The maximum atomic E-state index is 13.1. The van der Waals surface area contributed by atoms with E-state index in [4.69, 9.17) is 9.47 Å². The average molecular weight is 491 g/mol. The van der Waals surface area contributed by atoms with E-state index >= 15 is 0 Å². The van der Waals surface area contributed by atoms with E-state index in [0.29, 0.717) is 24.2 Å². The summed E-state index contributed by atoms with van der Waals surface area (Å²) in [5.74, 6) is -0.364. The van der Waals surface area contributed by atoms with Crippen LogP contribution in [-0.4, -0.2) is 54.5 Å². The van der Waals surface area contributed by atoms with Gasteiger partial charge < -0.3 is 14.8 Å². The molecule has 0 spiro atoms. The topological polar surface area (TPSA) is 84.9 Å². The van der Waals surface area contributed by atoms with Crippen LogP contribution in [0.4, 0.5) is 0 Å². The molecule has 1 unspecified atom stereocenters. The quantitative estimate of drug-likeness (QED) is 0.360. The highest BCUT2D eigenvalue weighted by Gasteiger charge is 2.53. The summed E-state index contributed by atoms with van der Waals surface area (Å²) in [5, 5.41) is 3.20. The summed E-state index contributed by atoms with van der Waals surface area (Å²) in [6, 6.07) is 16.6. The molecule has 2 aromatic carbocycles. The van der Waals surface area contributed by atoms with Crippen molar-refractivity contribution in [2.75, 3.05) is 19.6 Å². The zero-order chi connectivity index (χ0) is 25.7. The van der Waals surface area contributed by atoms with Crippen molar-refractivity contribution >= 4 is 17.8 Å². The van der Waals surface area contributed by atoms with Gasteiger partial charge in [-0.05, 0) is 49.2 Å². The van der Waals surface area contributed by atoms with Crippen molar-refractivity contribution in [3.05, 3.63) is 78.4 Å². The van der Waals surface area contributed by atoms with Gasteiger partial charge in [-0.25, -0.2) is 0 Å². The first-order valence-electron chi connectivity index (χ1n) is 12.5. The molecule has 1 amide bonds. The number of likely N-dealkylation sites (tertiary alicyclic amines) is 1. The Balaban J connectivity index is 1.72. The first-order chi connectivity index (χ1) is 17.3. The summed E-state index contributed by atoms with van der Waals surface area (Å²) in [7, 11) is 0. The number of ether oxygens (including phenoxy) is 2. The molecule has 0 bridgehead atoms. The Kier molecular flexibility index (Phi) is 7.89. The van der Waals surface area contributed by atoms with Crippen LogP contribution in [0.1, 0.15) is 49.0 Å². The highest BCUT2D eigenvalue weighted by atomic mass is 16.5. The Hall–Kier alpha value is -3.45. The molecule has 0 aromatic heterocycles. The third kappa shape index (κ3) is 5.68. The van der Waals surface area contributed by atoms with Crippen LogP contribution in [-0.2, 0) is 19.7 Å². The standard InChI is InChI=1S/C29H34N2O5/c1-4-14-31-15-13-29(23-11-8-12-25(16-23)35-20(2)32)18-24(17-27(26(29)19-31)36-21(3)33)30-28(34)22-9-6-5-7-10-22/h4-12,16,24,26-27H,1,13-15,17-19H2,2-3H3,(H,30,34)/t24-,26+,27?,29+/m1/s1. The smallest absolute Gasteiger partial charge is 0.308 e. The number of fused-ring (bicyclic) bond motifs is 1. The maximum Gasteiger partial charge on any atom is 0.308 e. The van der Waals surface area contributed by atoms with E-state index in [1.54, 1.807) is 18.2 Å². The second-order valence-electron chi connectivity index (χ2n) is 9.81. The van der Waals surface area contributed by atoms with Gasteiger partial charge in [-0.3, -0.25) is 19.3 Å². The summed E-state index contributed by atoms with van der Waals surface area (Å²) in [4.78, 5) is 39.2. The number of amides is 1. The molecule has 1 saturated heterocycles. The Morgan fingerprint density at radius 2 is 1.89 bits per heavy atom. The van der Waals surface area contributed by atoms with Gasteiger partial charge in [0.05, 0.1) is 0 Å². The lowest BCUT2D eigenvalue weighted by atomic mass is 9.57. The van der Waals surface area contributed by atoms with E-state index in [9.17, 15) is 14.4 Å². The summed E-state index contributed by atoms with van der Waals surface area (Å²) in [6.45, 7) is 9.03. The molecule has 4 atom stereocenters. The predicted octanol–water partition coefficient (Wildman–Crippen LogP) is 3.88. The molecule has 7 nitrogen and oxygen atoms in total. The minimum Gasteiger partial charge on any atom is -0.462 e. The van der Waals surface area contributed by atoms with E-state index in [1.807, 2.05) is 36.4 Å². The van der Waals surface area contributed by atoms with Crippen molar-refractivity contribution in [2.24, 2.45) is 5.92 Å². The molecule has 2 aromatic rings. The van der Waals surface area contributed by atoms with Crippen molar-refractivity contribution < 1.29 is 23.9 Å². The molecule has 1 aliphatic carbocycles. The minimum atomic E-state index is -0.378. The highest BCUT2D eigenvalue weighted by molar-refractivity contribution is 5.94. The molecule has 1 heterocycles. The second-order valence-corrected chi connectivity index (χ2v) is 9.81. The number of esters is 2. The van der Waals surface area contributed by atoms with E-state index in [0.717, 1.165) is 31.6 Å². The Morgan fingerprint density at radius 3 is 2.58 bits per heavy atom. The Labute approximate surface area is 212 Å². The van der Waals surface area contributed by atoms with Gasteiger partial charge in [0, 0.05) is 56.3 Å². The van der Waals surface area contributed by atoms with Crippen LogP contribution in [0.2, 0.25) is 0 Å². The van der Waals surface area contributed by atoms with Crippen LogP contribution in [0.25, 0.3) is 0 Å². The van der Waals surface area contributed by atoms with E-state index < -0.39 is 0 Å². The summed E-state index contributed by atoms with van der Waals surface area (Å²) < 4.78 is 11.3. The minimum absolute atomic E-state index is 0.00700. The van der Waals surface area contributed by atoms with Crippen molar-refractivity contribution in [1.82, 2.24) is 10.2 Å². The Morgan fingerprint density at radius 1 is 1.11 bits per heavy atom. The van der Waals surface area contributed by atoms with Crippen molar-refractivity contribution in [3.8, 4) is 5.75 Å². The van der Waals surface area contributed by atoms with Gasteiger partial charge in [0.15, 0.2) is 0 Å². The van der Waals surface area contributed by atoms with Gasteiger partial charge in [0.25, 0.3) is 5.91 Å². The number of rotatable bonds is 7. The summed E-state index contributed by atoms with van der Waals surface area (Å²) in [5.41, 5.74) is 1.25. The Bertz CT molecular complexity index is 1120. The van der Waals surface area contributed by atoms with Gasteiger partial charge in [-0.15, -0.1) is 6.58 Å². The van der Waals surface area contributed by atoms with Gasteiger partial charge in [-0.1, -0.05) is 36.4 Å². The van der Waals surface area contributed by atoms with Crippen molar-refractivity contribution in [2.45, 2.75) is 50.7 Å². The highest BCUT2D eigenvalue weighted by Crippen LogP contribution is 2.50. The number of carbonyl (C=O) groups excluding carboxylic acids is 3. The van der Waals surface area contributed by atoms with Crippen molar-refractivity contribution in [1.29, 1.82) is 0 Å². The molecule has 190 valence electrons. The van der Waals surface area contributed by atoms with Crippen LogP contribution in [0, 0.1) is 5.92 Å². The van der Waals surface area contributed by atoms with Gasteiger partial charge in [0.1, 0.15) is 11.9 Å². The number of hydrogen-bond acceptors (Lipinski definition) is 6. The number of carbonyl (C=O) groups is 3. The fraction of sp³-hybridized carbons (Fsp3) is 0.414. The van der Waals surface area contributed by atoms with E-state index in [-0.39, 0.29) is 41.3 Å². The van der Waals surface area contributed by atoms with Gasteiger partial charge >= 0.3 is 11.9 Å². The molecule has 7 heteroatoms. The first-order valence-corrected chi connectivity index (χ1v) is 12.5. The molecule has 1 aliphatic heterocycles. The monoisotopic (exact) mass is 490 g/mol. The number of nitrogens with one attached hydrogen (secondary N) is 1. The SMILES string of the molecule is C=CCN1CC[C@@]2(c3cccc(OC(C)=O)c3)C[C@H](NC(=O)c3ccccc3)CC(OC(C)=O)[C@@H]2C1. The van der Waals surface area contributed by atoms with Crippen LogP contribution >= 0.6 is 0 Å². The van der Waals surface area contributed by atoms with E-state index in [2.05, 4.69) is 22.9 Å². The third-order valence-corrected chi connectivity index (χ3v) is 7.36. The molecule has 4 rings (SSSR count). The molecular formula is C29H34N2O5. The number of nitrogens with zero attached hydrogens (tertiary/aromatic N) is 1. The lowest BCUT2D eigenvalue weighted by Crippen LogP contribution is -2.61. The normalized spacial score (nSPS) is 25.8. The lowest BCUT2D eigenvalue weighted by Gasteiger charge is -2.55. The van der Waals surface area contributed by atoms with Crippen LogP contribution in [0.5, 0.6) is 5.75 Å². The molecule has 1 N–H and O–H groups in total. The number of piperidine rings is 1. The molecular weight excluding hydrogens is 456 g/mol. The molecule has 2 fully saturated rings. The molecule has 0 radical (unpaired) electrons. The first kappa shape index (κ1) is 25.6. The largest absolute Gasteiger partial charge is 0.462 e. The number of hydrogen-bond donors (Lipinski definition) is 1. The number of benzene rings is 2. The molecule has 1 saturated carbocycles. The van der Waals surface area contributed by atoms with Crippen LogP contribution < -0.4 is 10.1 Å². The lowest BCUT2D eigenvalue weighted by molar-refractivity contribution is -0.157. The van der Waals surface area contributed by atoms with E-state index in [1.165, 1.54) is 13.8 Å². The maximum absolute atomic E-state index is 13.1. The second kappa shape index (κ2) is 11.1. The molecule has 36 heavy (non-hydrogen) atoms. The third-order valence-electron chi connectivity index (χ3n) is 7.36. The fourth-order valence-electron chi connectivity index (χ4n) is 5.95. The van der Waals surface area contributed by atoms with Gasteiger partial charge in [-0.2, -0.15) is 0 Å². The molecule has 2 aliphatic rings. The zero-order valence-corrected chi connectivity index (χ0v) is 20.9. The summed E-state index contributed by atoms with van der Waals surface area (Å²) >= 11 is 0. The summed E-state index contributed by atoms with van der Waals surface area (Å²) in [6.07, 6.45) is 3.56. The predicted molar refractivity (Wildman–Crippen MR) is 137 cm³/mol.